The molecule has 164 valence electrons. The van der Waals surface area contributed by atoms with E-state index in [1.165, 1.54) is 0 Å². The van der Waals surface area contributed by atoms with E-state index in [1.54, 1.807) is 0 Å². The van der Waals surface area contributed by atoms with Crippen molar-refractivity contribution in [3.05, 3.63) is 17.5 Å². The van der Waals surface area contributed by atoms with Gasteiger partial charge in [0.15, 0.2) is 5.76 Å². The number of ether oxygens (including phenoxy) is 1. The van der Waals surface area contributed by atoms with Crippen LogP contribution in [0.4, 0.5) is 0 Å². The lowest BCUT2D eigenvalue weighted by molar-refractivity contribution is -0.165. The Morgan fingerprint density at radius 1 is 1.20 bits per heavy atom. The van der Waals surface area contributed by atoms with Gasteiger partial charge in [0, 0.05) is 57.2 Å². The van der Waals surface area contributed by atoms with E-state index >= 15 is 0 Å². The number of rotatable bonds is 3. The molecule has 4 aliphatic rings. The average Bonchev–Trinajstić information content (AvgIpc) is 2.97. The van der Waals surface area contributed by atoms with Crippen LogP contribution in [0.1, 0.15) is 43.6 Å². The molecule has 5 heterocycles. The molecule has 1 aromatic heterocycles. The summed E-state index contributed by atoms with van der Waals surface area (Å²) >= 11 is 0. The molecule has 0 spiro atoms. The number of piperidine rings is 3. The van der Waals surface area contributed by atoms with Crippen molar-refractivity contribution >= 4 is 11.8 Å². The fraction of sp³-hybridized carbons (Fsp3) is 0.773. The van der Waals surface area contributed by atoms with Gasteiger partial charge in [0.05, 0.1) is 18.8 Å². The molecule has 0 aromatic carbocycles. The van der Waals surface area contributed by atoms with Crippen LogP contribution in [0.15, 0.2) is 10.6 Å². The van der Waals surface area contributed by atoms with Crippen LogP contribution in [0.25, 0.3) is 0 Å². The van der Waals surface area contributed by atoms with Gasteiger partial charge in [0.25, 0.3) is 0 Å². The molecule has 1 aromatic rings. The third-order valence-corrected chi connectivity index (χ3v) is 7.26. The molecule has 0 saturated carbocycles. The number of hydrogen-bond donors (Lipinski definition) is 0. The zero-order valence-corrected chi connectivity index (χ0v) is 17.8. The number of aromatic nitrogens is 1. The van der Waals surface area contributed by atoms with Gasteiger partial charge in [-0.15, -0.1) is 0 Å². The highest BCUT2D eigenvalue weighted by atomic mass is 16.5. The number of fused-ring (bicyclic) bond motifs is 4. The van der Waals surface area contributed by atoms with Crippen molar-refractivity contribution in [3.63, 3.8) is 0 Å². The highest BCUT2D eigenvalue weighted by molar-refractivity contribution is 5.89. The number of aryl methyl sites for hydroxylation is 1. The summed E-state index contributed by atoms with van der Waals surface area (Å²) < 4.78 is 11.0. The first-order valence-corrected chi connectivity index (χ1v) is 11.4. The van der Waals surface area contributed by atoms with Crippen LogP contribution in [0.2, 0.25) is 0 Å². The molecule has 4 atom stereocenters. The van der Waals surface area contributed by atoms with Gasteiger partial charge in [-0.05, 0) is 38.5 Å². The second-order valence-electron chi connectivity index (χ2n) is 9.38. The number of carbonyl (C=O) groups excluding carboxylic acids is 2. The number of hydrogen-bond acceptors (Lipinski definition) is 6. The van der Waals surface area contributed by atoms with Crippen LogP contribution in [0.3, 0.4) is 0 Å². The molecule has 0 N–H and O–H groups in total. The monoisotopic (exact) mass is 416 g/mol. The van der Waals surface area contributed by atoms with Crippen molar-refractivity contribution in [2.24, 2.45) is 11.8 Å². The summed E-state index contributed by atoms with van der Waals surface area (Å²) in [5.74, 6) is 1.76. The van der Waals surface area contributed by atoms with E-state index in [0.717, 1.165) is 56.8 Å². The minimum atomic E-state index is -0.337. The molecule has 0 radical (unpaired) electrons. The van der Waals surface area contributed by atoms with Gasteiger partial charge in [0.1, 0.15) is 6.04 Å². The Morgan fingerprint density at radius 2 is 2.07 bits per heavy atom. The Morgan fingerprint density at radius 3 is 2.90 bits per heavy atom. The standard InChI is InChI=1S/C22H32N4O4/c1-15-10-18(30-23-15)14-24-12-16-11-17(13-24)21(26-19(16)4-2-5-20(26)27)22(28)25-6-3-8-29-9-7-25/h10,16-17,19,21H,2-9,11-14H2,1H3/t16-,17+,19+,21-/m1/s1. The second kappa shape index (κ2) is 8.30. The Labute approximate surface area is 177 Å². The molecule has 30 heavy (non-hydrogen) atoms. The van der Waals surface area contributed by atoms with E-state index in [4.69, 9.17) is 9.26 Å². The van der Waals surface area contributed by atoms with Crippen molar-refractivity contribution in [1.29, 1.82) is 0 Å². The molecule has 2 bridgehead atoms. The Balaban J connectivity index is 1.40. The minimum absolute atomic E-state index is 0.126. The van der Waals surface area contributed by atoms with Crippen LogP contribution in [-0.2, 0) is 20.9 Å². The predicted octanol–water partition coefficient (Wildman–Crippen LogP) is 1.43. The number of amides is 2. The van der Waals surface area contributed by atoms with E-state index < -0.39 is 0 Å². The van der Waals surface area contributed by atoms with Crippen molar-refractivity contribution < 1.29 is 18.8 Å². The van der Waals surface area contributed by atoms with Gasteiger partial charge in [-0.1, -0.05) is 5.16 Å². The molecule has 4 aliphatic heterocycles. The lowest BCUT2D eigenvalue weighted by Crippen LogP contribution is -2.68. The maximum atomic E-state index is 13.7. The van der Waals surface area contributed by atoms with E-state index in [-0.39, 0.29) is 29.8 Å². The van der Waals surface area contributed by atoms with Crippen LogP contribution in [-0.4, -0.2) is 83.1 Å². The maximum absolute atomic E-state index is 13.7. The van der Waals surface area contributed by atoms with Crippen molar-refractivity contribution in [2.75, 3.05) is 39.4 Å². The predicted molar refractivity (Wildman–Crippen MR) is 108 cm³/mol. The van der Waals surface area contributed by atoms with Crippen LogP contribution in [0, 0.1) is 18.8 Å². The maximum Gasteiger partial charge on any atom is 0.245 e. The summed E-state index contributed by atoms with van der Waals surface area (Å²) in [6, 6.07) is 1.83. The van der Waals surface area contributed by atoms with Crippen LogP contribution >= 0.6 is 0 Å². The molecule has 0 unspecified atom stereocenters. The molecular formula is C22H32N4O4. The average molecular weight is 417 g/mol. The molecule has 0 aliphatic carbocycles. The topological polar surface area (TPSA) is 79.1 Å². The highest BCUT2D eigenvalue weighted by Crippen LogP contribution is 2.42. The summed E-state index contributed by atoms with van der Waals surface area (Å²) in [7, 11) is 0. The lowest BCUT2D eigenvalue weighted by atomic mass is 9.71. The smallest absolute Gasteiger partial charge is 0.245 e. The van der Waals surface area contributed by atoms with Crippen molar-refractivity contribution in [1.82, 2.24) is 19.9 Å². The third-order valence-electron chi connectivity index (χ3n) is 7.26. The largest absolute Gasteiger partial charge is 0.380 e. The number of nitrogens with zero attached hydrogens (tertiary/aromatic N) is 4. The van der Waals surface area contributed by atoms with E-state index in [9.17, 15) is 9.59 Å². The summed E-state index contributed by atoms with van der Waals surface area (Å²) in [5.41, 5.74) is 0.891. The van der Waals surface area contributed by atoms with Gasteiger partial charge >= 0.3 is 0 Å². The molecule has 2 amide bonds. The summed E-state index contributed by atoms with van der Waals surface area (Å²) in [5, 5.41) is 4.02. The normalized spacial score (nSPS) is 32.6. The SMILES string of the molecule is Cc1cc(CN2C[C@H]3C[C@@H](C2)[C@H](C(=O)N2CCCOCC2)N2C(=O)CCC[C@@H]32)on1. The number of carbonyl (C=O) groups is 2. The summed E-state index contributed by atoms with van der Waals surface area (Å²) in [6.45, 7) is 7.04. The first-order valence-electron chi connectivity index (χ1n) is 11.4. The first-order chi connectivity index (χ1) is 14.6. The van der Waals surface area contributed by atoms with E-state index in [2.05, 4.69) is 10.1 Å². The summed E-state index contributed by atoms with van der Waals surface area (Å²) in [6.07, 6.45) is 4.40. The first kappa shape index (κ1) is 20.0. The van der Waals surface area contributed by atoms with Gasteiger partial charge in [-0.25, -0.2) is 0 Å². The Kier molecular flexibility index (Phi) is 5.54. The highest BCUT2D eigenvalue weighted by Gasteiger charge is 2.52. The van der Waals surface area contributed by atoms with Gasteiger partial charge in [0.2, 0.25) is 11.8 Å². The molecule has 4 saturated heterocycles. The van der Waals surface area contributed by atoms with Crippen molar-refractivity contribution in [2.45, 2.75) is 57.7 Å². The zero-order chi connectivity index (χ0) is 20.7. The minimum Gasteiger partial charge on any atom is -0.380 e. The quantitative estimate of drug-likeness (QED) is 0.742. The van der Waals surface area contributed by atoms with Gasteiger partial charge < -0.3 is 19.1 Å². The Bertz CT molecular complexity index is 788. The third kappa shape index (κ3) is 3.75. The van der Waals surface area contributed by atoms with E-state index in [1.807, 2.05) is 22.8 Å². The Hall–Kier alpha value is -1.93. The van der Waals surface area contributed by atoms with E-state index in [0.29, 0.717) is 38.6 Å². The molecular weight excluding hydrogens is 384 g/mol. The molecule has 8 nitrogen and oxygen atoms in total. The molecule has 5 rings (SSSR count). The lowest BCUT2D eigenvalue weighted by Gasteiger charge is -2.56. The molecule has 8 heteroatoms. The van der Waals surface area contributed by atoms with Gasteiger partial charge in [-0.2, -0.15) is 0 Å². The van der Waals surface area contributed by atoms with Crippen molar-refractivity contribution in [3.8, 4) is 0 Å². The van der Waals surface area contributed by atoms with Crippen LogP contribution < -0.4 is 0 Å². The fourth-order valence-corrected chi connectivity index (χ4v) is 6.06. The molecule has 4 fully saturated rings. The second-order valence-corrected chi connectivity index (χ2v) is 9.38. The fourth-order valence-electron chi connectivity index (χ4n) is 6.06. The zero-order valence-electron chi connectivity index (χ0n) is 17.8. The summed E-state index contributed by atoms with van der Waals surface area (Å²) in [4.78, 5) is 33.0. The van der Waals surface area contributed by atoms with Gasteiger partial charge in [-0.3, -0.25) is 14.5 Å². The number of likely N-dealkylation sites (tertiary alicyclic amines) is 1. The van der Waals surface area contributed by atoms with Crippen LogP contribution in [0.5, 0.6) is 0 Å².